The highest BCUT2D eigenvalue weighted by atomic mass is 31.2. The minimum absolute atomic E-state index is 0. The van der Waals surface area contributed by atoms with Crippen molar-refractivity contribution in [3.05, 3.63) is 11.9 Å². The number of aliphatic hydroxyl groups excluding tert-OH is 3. The van der Waals surface area contributed by atoms with Gasteiger partial charge in [-0.25, -0.2) is 0 Å². The van der Waals surface area contributed by atoms with E-state index < -0.39 is 113 Å². The summed E-state index contributed by atoms with van der Waals surface area (Å²) < 4.78 is 188. The summed E-state index contributed by atoms with van der Waals surface area (Å²) in [5.74, 6) is -0.737. The van der Waals surface area contributed by atoms with E-state index in [1.165, 1.54) is 61.4 Å². The summed E-state index contributed by atoms with van der Waals surface area (Å²) in [5, 5.41) is 26.3. The molecule has 10 unspecified atom stereocenters. The lowest BCUT2D eigenvalue weighted by Gasteiger charge is -2.21. The maximum atomic E-state index is 11.3. The molecule has 0 aromatic carbocycles. The predicted octanol–water partition coefficient (Wildman–Crippen LogP) is 20.5. The summed E-state index contributed by atoms with van der Waals surface area (Å²) in [7, 11) is -27.5. The molecule has 1 saturated heterocycles. The van der Waals surface area contributed by atoms with Crippen molar-refractivity contribution in [2.24, 2.45) is 0 Å². The zero-order chi connectivity index (χ0) is 81.2. The Morgan fingerprint density at radius 1 is 0.424 bits per heavy atom. The van der Waals surface area contributed by atoms with Crippen molar-refractivity contribution in [1.82, 2.24) is 0 Å². The lowest BCUT2D eigenvalue weighted by atomic mass is 10.5. The fraction of sp³-hybridized carbons (Fsp3) is 0.966. The molecule has 1 heterocycles. The fourth-order valence-corrected chi connectivity index (χ4v) is 9.47. The van der Waals surface area contributed by atoms with Crippen LogP contribution in [0.4, 0.5) is 0 Å². The largest absolute Gasteiger partial charge is 0.386 e. The second-order valence-corrected chi connectivity index (χ2v) is 60.9. The molecular weight excluding hydrogens is 1550 g/mol. The molecule has 0 bridgehead atoms. The Morgan fingerprint density at radius 3 is 0.778 bits per heavy atom. The van der Waals surface area contributed by atoms with Crippen molar-refractivity contribution >= 4 is 95.6 Å². The molecule has 0 spiro atoms. The maximum absolute atomic E-state index is 11.3. The van der Waals surface area contributed by atoms with E-state index >= 15 is 0 Å². The number of hydrogen-bond acceptors (Lipinski definition) is 26. The summed E-state index contributed by atoms with van der Waals surface area (Å²) in [6.07, 6.45) is 5.58. The highest BCUT2D eigenvalue weighted by molar-refractivity contribution is 7.63. The molecular formula is C58H155O28P13. The van der Waals surface area contributed by atoms with Gasteiger partial charge in [-0.05, 0) is 114 Å². The van der Waals surface area contributed by atoms with E-state index in [4.69, 9.17) is 61.3 Å². The van der Waals surface area contributed by atoms with E-state index in [-0.39, 0.29) is 20.5 Å². The first-order valence-corrected chi connectivity index (χ1v) is 61.7. The van der Waals surface area contributed by atoms with Gasteiger partial charge in [0.1, 0.15) is 24.7 Å². The zero-order valence-corrected chi connectivity index (χ0v) is 78.4. The summed E-state index contributed by atoms with van der Waals surface area (Å²) in [6.45, 7) is 60.8. The minimum atomic E-state index is -2.71. The zero-order valence-electron chi connectivity index (χ0n) is 66.8. The van der Waals surface area contributed by atoms with Crippen molar-refractivity contribution in [2.45, 2.75) is 162 Å². The van der Waals surface area contributed by atoms with Gasteiger partial charge < -0.3 is 79.5 Å². The molecule has 41 heteroatoms. The second kappa shape index (κ2) is 70.5. The number of hydrogen-bond donors (Lipinski definition) is 5. The summed E-state index contributed by atoms with van der Waals surface area (Å²) in [4.78, 5) is 16.5. The monoisotopic (exact) mass is 1700 g/mol. The minimum Gasteiger partial charge on any atom is -0.386 e. The Morgan fingerprint density at radius 2 is 0.687 bits per heavy atom. The average molecular weight is 1700 g/mol. The van der Waals surface area contributed by atoms with Crippen molar-refractivity contribution in [1.29, 1.82) is 0 Å². The SMILES string of the molecule is C.C.C/C=C/P(C)(=O)OCC.CC(O)P(C)(C)=O.CCOP(C)(=O)C(C)C.CCOP(C)(=O)C(C)O.CCOP(C)(=O)C(C)O.CCOP(C)(=O)CC.CCOP(C)(C)=O.CCP(C)(=O)O.CCP(C)(=O)OC.CCP(C)(C)=O.CCP1(=O)OCCCO1.COP(C)(C)=O.CP(C)(=O)O. The Hall–Kier alpha value is 2.13. The van der Waals surface area contributed by atoms with Crippen LogP contribution in [0.25, 0.3) is 0 Å². The molecule has 5 N–H and O–H groups in total. The molecule has 0 aromatic heterocycles. The van der Waals surface area contributed by atoms with Gasteiger partial charge in [0, 0.05) is 131 Å². The van der Waals surface area contributed by atoms with Crippen LogP contribution in [-0.4, -0.2) is 259 Å². The summed E-state index contributed by atoms with van der Waals surface area (Å²) in [6, 6.07) is 0. The van der Waals surface area contributed by atoms with Crippen LogP contribution in [0.3, 0.4) is 0 Å². The van der Waals surface area contributed by atoms with Gasteiger partial charge in [-0.2, -0.15) is 0 Å². The van der Waals surface area contributed by atoms with Crippen LogP contribution in [0.5, 0.6) is 0 Å². The van der Waals surface area contributed by atoms with Crippen LogP contribution in [0, 0.1) is 0 Å². The molecule has 0 amide bonds. The lowest BCUT2D eigenvalue weighted by Crippen LogP contribution is -2.08. The van der Waals surface area contributed by atoms with Crippen molar-refractivity contribution in [3.63, 3.8) is 0 Å². The van der Waals surface area contributed by atoms with Crippen LogP contribution in [0.1, 0.15) is 139 Å². The summed E-state index contributed by atoms with van der Waals surface area (Å²) >= 11 is 0. The molecule has 28 nitrogen and oxygen atoms in total. The Bertz CT molecular complexity index is 2370. The van der Waals surface area contributed by atoms with Crippen LogP contribution < -0.4 is 0 Å². The quantitative estimate of drug-likeness (QED) is 0.0560. The normalized spacial score (nSPS) is 17.4. The highest BCUT2D eigenvalue weighted by Gasteiger charge is 2.25. The third kappa shape index (κ3) is 133. The van der Waals surface area contributed by atoms with Crippen LogP contribution in [0.15, 0.2) is 11.9 Å². The first kappa shape index (κ1) is 134. The first-order chi connectivity index (χ1) is 42.8. The Balaban J connectivity index is -0.0000000660. The van der Waals surface area contributed by atoms with Gasteiger partial charge in [0.25, 0.3) is 0 Å². The fourth-order valence-electron chi connectivity index (χ4n) is 3.19. The van der Waals surface area contributed by atoms with Crippen molar-refractivity contribution < 1.29 is 130 Å². The summed E-state index contributed by atoms with van der Waals surface area (Å²) in [5.41, 5.74) is 0.150. The molecule has 1 aliphatic heterocycles. The molecule has 1 rings (SSSR count). The topological polar surface area (TPSA) is 415 Å². The number of allylic oxidation sites excluding steroid dienone is 1. The van der Waals surface area contributed by atoms with Gasteiger partial charge in [-0.15, -0.1) is 0 Å². The van der Waals surface area contributed by atoms with Gasteiger partial charge >= 0.3 is 7.60 Å². The van der Waals surface area contributed by atoms with Gasteiger partial charge in [0.15, 0.2) is 44.2 Å². The van der Waals surface area contributed by atoms with Gasteiger partial charge in [0.2, 0.25) is 29.5 Å². The molecule has 99 heavy (non-hydrogen) atoms. The molecule has 0 aromatic rings. The molecule has 1 fully saturated rings. The predicted molar refractivity (Wildman–Crippen MR) is 435 cm³/mol. The number of rotatable bonds is 24. The Labute approximate surface area is 607 Å². The molecule has 0 radical (unpaired) electrons. The van der Waals surface area contributed by atoms with Gasteiger partial charge in [-0.1, -0.05) is 69.4 Å². The maximum Gasteiger partial charge on any atom is 0.330 e. The van der Waals surface area contributed by atoms with Crippen LogP contribution >= 0.6 is 95.6 Å². The average Bonchev–Trinajstić information content (AvgIpc) is 0.970. The molecule has 620 valence electrons. The standard InChI is InChI=1S/C6H15O2P.C6H13O2P.C5H11O3P.2C5H13O3P.C5H13O2P.3C4H11O2P.C4H11OP.2C3H9O2P.C2H7O2P.2CH4/c1-5-8-9(4,7)6(2)3;1-4-6-9(3,7)8-5-2;1-2-9(6)7-4-3-5-8-9;2*1-4-8-9(3,7)5(2)6;1-4-7-8(3,6)5-2;1-4-6-7(2,3)5;1-4-7(3,5)6-2;1-4(5)7(2,3)6;1-4-6(2,3)5;1-5-6(2,3)4;1-3-6(2,4)5;1-5(2,3)4;;/h6H,5H2,1-4H3;4,6H,5H2,1-3H3;2-5H2,1H3;2*5-6H,4H2,1-3H3;4-5H2,1-3H3;2*4H2,1-3H3;4-5H,1-3H3;4H2,1-3H3;1-3H3;3H2,1-2H3,(H,4,5);1-2H3,(H,3,4);2*1H4/b;6-4+;;;;;;;;;;;;;. The van der Waals surface area contributed by atoms with E-state index in [1.807, 2.05) is 76.2 Å². The Kier molecular flexibility index (Phi) is 95.1. The third-order valence-electron chi connectivity index (χ3n) is 10.6. The van der Waals surface area contributed by atoms with Gasteiger partial charge in [0.05, 0.1) is 60.0 Å². The van der Waals surface area contributed by atoms with Crippen molar-refractivity contribution in [2.75, 3.05) is 211 Å². The molecule has 0 saturated carbocycles. The molecule has 0 aliphatic carbocycles. The first-order valence-electron chi connectivity index (χ1n) is 31.6. The highest BCUT2D eigenvalue weighted by Crippen LogP contribution is 2.51. The third-order valence-corrected chi connectivity index (χ3v) is 31.1. The van der Waals surface area contributed by atoms with E-state index in [2.05, 4.69) is 9.05 Å². The van der Waals surface area contributed by atoms with Crippen molar-refractivity contribution in [3.8, 4) is 0 Å². The smallest absolute Gasteiger partial charge is 0.330 e. The van der Waals surface area contributed by atoms with E-state index in [9.17, 15) is 59.3 Å². The van der Waals surface area contributed by atoms with Gasteiger partial charge in [-0.3, -0.25) is 50.2 Å². The van der Waals surface area contributed by atoms with Crippen LogP contribution in [-0.2, 0) is 105 Å². The second-order valence-electron chi connectivity index (χ2n) is 23.1. The molecule has 10 atom stereocenters. The van der Waals surface area contributed by atoms with E-state index in [0.717, 1.165) is 12.6 Å². The molecule has 1 aliphatic rings. The van der Waals surface area contributed by atoms with E-state index in [1.54, 1.807) is 120 Å². The van der Waals surface area contributed by atoms with Crippen LogP contribution in [0.2, 0.25) is 0 Å². The van der Waals surface area contributed by atoms with E-state index in [0.29, 0.717) is 77.5 Å². The lowest BCUT2D eigenvalue weighted by molar-refractivity contribution is 0.147. The number of aliphatic hydroxyl groups is 3.